The first-order chi connectivity index (χ1) is 7.67. The van der Waals surface area contributed by atoms with E-state index in [1.165, 1.54) is 6.20 Å². The monoisotopic (exact) mass is 224 g/mol. The summed E-state index contributed by atoms with van der Waals surface area (Å²) in [5, 5.41) is 21.0. The van der Waals surface area contributed by atoms with Crippen LogP contribution in [0.2, 0.25) is 0 Å². The number of carbonyl (C=O) groups is 1. The first-order valence-electron chi connectivity index (χ1n) is 5.11. The number of carbonyl (C=O) groups excluding carboxylic acids is 1. The highest BCUT2D eigenvalue weighted by Crippen LogP contribution is 2.09. The lowest BCUT2D eigenvalue weighted by molar-refractivity contribution is 0.0652. The number of pyridine rings is 1. The first kappa shape index (κ1) is 12.6. The number of nitrogens with one attached hydrogen (secondary N) is 1. The molecule has 88 valence electrons. The number of nitrogens with zero attached hydrogens (tertiary/aromatic N) is 1. The molecule has 1 aromatic heterocycles. The molecule has 0 fully saturated rings. The highest BCUT2D eigenvalue weighted by atomic mass is 16.3. The van der Waals surface area contributed by atoms with Gasteiger partial charge in [0.25, 0.3) is 5.91 Å². The van der Waals surface area contributed by atoms with Crippen LogP contribution < -0.4 is 5.32 Å². The van der Waals surface area contributed by atoms with Crippen LogP contribution in [-0.2, 0) is 0 Å². The third-order valence-electron chi connectivity index (χ3n) is 2.58. The van der Waals surface area contributed by atoms with E-state index >= 15 is 0 Å². The van der Waals surface area contributed by atoms with Gasteiger partial charge in [-0.25, -0.2) is 0 Å². The molecule has 0 spiro atoms. The molecule has 0 aromatic carbocycles. The Morgan fingerprint density at radius 2 is 2.19 bits per heavy atom. The normalized spacial score (nSPS) is 11.2. The smallest absolute Gasteiger partial charge is 0.253 e. The number of amides is 1. The second-order valence-electron chi connectivity index (χ2n) is 3.65. The van der Waals surface area contributed by atoms with E-state index in [2.05, 4.69) is 10.3 Å². The zero-order chi connectivity index (χ0) is 12.0. The molecule has 5 nitrogen and oxygen atoms in total. The Morgan fingerprint density at radius 3 is 2.62 bits per heavy atom. The Hall–Kier alpha value is -1.46. The summed E-state index contributed by atoms with van der Waals surface area (Å²) < 4.78 is 0. The maximum absolute atomic E-state index is 11.8. The van der Waals surface area contributed by atoms with Crippen LogP contribution in [0, 0.1) is 0 Å². The summed E-state index contributed by atoms with van der Waals surface area (Å²) in [6.45, 7) is 1.19. The number of hydrogen-bond acceptors (Lipinski definition) is 4. The van der Waals surface area contributed by atoms with E-state index in [9.17, 15) is 15.0 Å². The molecule has 1 rings (SSSR count). The lowest BCUT2D eigenvalue weighted by Gasteiger charge is -2.29. The molecule has 0 saturated carbocycles. The average molecular weight is 224 g/mol. The van der Waals surface area contributed by atoms with Crippen LogP contribution in [0.5, 0.6) is 0 Å². The molecule has 0 aliphatic heterocycles. The molecule has 0 bridgehead atoms. The van der Waals surface area contributed by atoms with Crippen molar-refractivity contribution < 1.29 is 15.0 Å². The van der Waals surface area contributed by atoms with E-state index in [-0.39, 0.29) is 19.1 Å². The largest absolute Gasteiger partial charge is 0.394 e. The van der Waals surface area contributed by atoms with E-state index in [0.29, 0.717) is 12.0 Å². The first-order valence-corrected chi connectivity index (χ1v) is 5.11. The lowest BCUT2D eigenvalue weighted by atomic mass is 9.98. The van der Waals surface area contributed by atoms with E-state index < -0.39 is 5.54 Å². The fraction of sp³-hybridized carbons (Fsp3) is 0.455. The van der Waals surface area contributed by atoms with Crippen molar-refractivity contribution in [3.8, 4) is 0 Å². The Labute approximate surface area is 94.1 Å². The molecular weight excluding hydrogens is 208 g/mol. The van der Waals surface area contributed by atoms with Gasteiger partial charge < -0.3 is 15.5 Å². The van der Waals surface area contributed by atoms with Gasteiger partial charge in [-0.1, -0.05) is 6.92 Å². The van der Waals surface area contributed by atoms with Crippen LogP contribution in [0.1, 0.15) is 23.7 Å². The van der Waals surface area contributed by atoms with Gasteiger partial charge in [-0.15, -0.1) is 0 Å². The minimum atomic E-state index is -0.965. The third-order valence-corrected chi connectivity index (χ3v) is 2.58. The highest BCUT2D eigenvalue weighted by Gasteiger charge is 2.28. The summed E-state index contributed by atoms with van der Waals surface area (Å²) in [6.07, 6.45) is 3.46. The van der Waals surface area contributed by atoms with Crippen molar-refractivity contribution in [1.29, 1.82) is 0 Å². The standard InChI is InChI=1S/C11H16N2O3/c1-2-11(7-14,8-15)13-10(16)9-4-3-5-12-6-9/h3-6,14-15H,2,7-8H2,1H3,(H,13,16). The van der Waals surface area contributed by atoms with Gasteiger partial charge in [0.15, 0.2) is 0 Å². The molecule has 0 saturated heterocycles. The van der Waals surface area contributed by atoms with Gasteiger partial charge in [-0.05, 0) is 18.6 Å². The molecule has 0 aliphatic carbocycles. The van der Waals surface area contributed by atoms with Gasteiger partial charge in [-0.3, -0.25) is 9.78 Å². The number of rotatable bonds is 5. The second kappa shape index (κ2) is 5.58. The van der Waals surface area contributed by atoms with Crippen molar-refractivity contribution in [2.24, 2.45) is 0 Å². The maximum atomic E-state index is 11.8. The second-order valence-corrected chi connectivity index (χ2v) is 3.65. The number of aliphatic hydroxyl groups is 2. The Balaban J connectivity index is 2.77. The zero-order valence-corrected chi connectivity index (χ0v) is 9.18. The van der Waals surface area contributed by atoms with Crippen LogP contribution in [-0.4, -0.2) is 39.9 Å². The summed E-state index contributed by atoms with van der Waals surface area (Å²) in [5.74, 6) is -0.349. The highest BCUT2D eigenvalue weighted by molar-refractivity contribution is 5.94. The predicted molar refractivity (Wildman–Crippen MR) is 58.9 cm³/mol. The van der Waals surface area contributed by atoms with Crippen LogP contribution in [0.25, 0.3) is 0 Å². The van der Waals surface area contributed by atoms with Crippen LogP contribution >= 0.6 is 0 Å². The van der Waals surface area contributed by atoms with Gasteiger partial charge in [0.1, 0.15) is 0 Å². The van der Waals surface area contributed by atoms with Crippen molar-refractivity contribution in [2.45, 2.75) is 18.9 Å². The van der Waals surface area contributed by atoms with E-state index in [1.807, 2.05) is 0 Å². The van der Waals surface area contributed by atoms with Crippen molar-refractivity contribution in [3.63, 3.8) is 0 Å². The van der Waals surface area contributed by atoms with Gasteiger partial charge in [-0.2, -0.15) is 0 Å². The predicted octanol–water partition coefficient (Wildman–Crippen LogP) is -0.0552. The molecular formula is C11H16N2O3. The lowest BCUT2D eigenvalue weighted by Crippen LogP contribution is -2.53. The topological polar surface area (TPSA) is 82.5 Å². The summed E-state index contributed by atoms with van der Waals surface area (Å²) in [7, 11) is 0. The molecule has 1 heterocycles. The van der Waals surface area contributed by atoms with Crippen LogP contribution in [0.15, 0.2) is 24.5 Å². The molecule has 5 heteroatoms. The summed E-state index contributed by atoms with van der Waals surface area (Å²) in [5.41, 5.74) is -0.561. The average Bonchev–Trinajstić information content (AvgIpc) is 2.37. The number of aromatic nitrogens is 1. The van der Waals surface area contributed by atoms with Gasteiger partial charge in [0.05, 0.1) is 24.3 Å². The van der Waals surface area contributed by atoms with Gasteiger partial charge in [0, 0.05) is 12.4 Å². The SMILES string of the molecule is CCC(CO)(CO)NC(=O)c1cccnc1. The Kier molecular flexibility index (Phi) is 4.39. The molecule has 1 aromatic rings. The molecule has 16 heavy (non-hydrogen) atoms. The van der Waals surface area contributed by atoms with Crippen molar-refractivity contribution in [3.05, 3.63) is 30.1 Å². The molecule has 0 unspecified atom stereocenters. The minimum Gasteiger partial charge on any atom is -0.394 e. The summed E-state index contributed by atoms with van der Waals surface area (Å²) >= 11 is 0. The zero-order valence-electron chi connectivity index (χ0n) is 9.18. The van der Waals surface area contributed by atoms with Crippen molar-refractivity contribution >= 4 is 5.91 Å². The quantitative estimate of drug-likeness (QED) is 0.654. The molecule has 0 radical (unpaired) electrons. The van der Waals surface area contributed by atoms with Crippen molar-refractivity contribution in [2.75, 3.05) is 13.2 Å². The van der Waals surface area contributed by atoms with Crippen LogP contribution in [0.4, 0.5) is 0 Å². The van der Waals surface area contributed by atoms with E-state index in [0.717, 1.165) is 0 Å². The fourth-order valence-corrected chi connectivity index (χ4v) is 1.25. The molecule has 3 N–H and O–H groups in total. The summed E-state index contributed by atoms with van der Waals surface area (Å²) in [6, 6.07) is 3.28. The van der Waals surface area contributed by atoms with Gasteiger partial charge in [0.2, 0.25) is 0 Å². The molecule has 1 amide bonds. The van der Waals surface area contributed by atoms with Crippen molar-refractivity contribution in [1.82, 2.24) is 10.3 Å². The van der Waals surface area contributed by atoms with Gasteiger partial charge >= 0.3 is 0 Å². The van der Waals surface area contributed by atoms with E-state index in [4.69, 9.17) is 0 Å². The Morgan fingerprint density at radius 1 is 1.50 bits per heavy atom. The van der Waals surface area contributed by atoms with Crippen LogP contribution in [0.3, 0.4) is 0 Å². The minimum absolute atomic E-state index is 0.300. The number of hydrogen-bond donors (Lipinski definition) is 3. The third kappa shape index (κ3) is 2.77. The van der Waals surface area contributed by atoms with E-state index in [1.54, 1.807) is 25.3 Å². The maximum Gasteiger partial charge on any atom is 0.253 e. The number of aliphatic hydroxyl groups excluding tert-OH is 2. The molecule has 0 aliphatic rings. The summed E-state index contributed by atoms with van der Waals surface area (Å²) in [4.78, 5) is 15.6. The fourth-order valence-electron chi connectivity index (χ4n) is 1.25. The Bertz CT molecular complexity index is 328. The molecule has 0 atom stereocenters.